The SMILES string of the molecule is CN(CC1CCN(c2ccc(C(=O)OC(C)(C)C)cn2)CC1)[C@H]1C[C@H](Oc2ccc3c(c2)C(=O)N(C2CCC(=O)NC2=O)C3=O)C1. The van der Waals surface area contributed by atoms with Gasteiger partial charge in [-0.25, -0.2) is 9.78 Å². The summed E-state index contributed by atoms with van der Waals surface area (Å²) in [5.74, 6) is -0.475. The van der Waals surface area contributed by atoms with Gasteiger partial charge in [0.15, 0.2) is 0 Å². The van der Waals surface area contributed by atoms with Crippen molar-refractivity contribution in [3.8, 4) is 5.75 Å². The summed E-state index contributed by atoms with van der Waals surface area (Å²) in [6, 6.07) is 7.96. The standard InChI is InChI=1S/C34H41N5O7/c1-34(2,3)46-33(44)21-5-9-28(35-18-21)38-13-11-20(12-14-38)19-37(4)22-15-24(16-22)45-23-6-7-25-26(17-23)32(43)39(31(25)42)27-8-10-29(40)36-30(27)41/h5-7,9,17-18,20,22,24,27H,8,10-16,19H2,1-4H3,(H,36,40,41)/t22-,24-,27?. The molecule has 1 atom stereocenters. The minimum Gasteiger partial charge on any atom is -0.490 e. The van der Waals surface area contributed by atoms with E-state index in [1.54, 1.807) is 30.5 Å². The zero-order valence-corrected chi connectivity index (χ0v) is 26.8. The van der Waals surface area contributed by atoms with Crippen molar-refractivity contribution in [1.82, 2.24) is 20.1 Å². The lowest BCUT2D eigenvalue weighted by Crippen LogP contribution is -2.54. The molecule has 1 saturated carbocycles. The summed E-state index contributed by atoms with van der Waals surface area (Å²) in [5, 5.41) is 2.21. The van der Waals surface area contributed by atoms with Crippen LogP contribution in [0.2, 0.25) is 0 Å². The van der Waals surface area contributed by atoms with Crippen LogP contribution in [0.25, 0.3) is 0 Å². The number of anilines is 1. The van der Waals surface area contributed by atoms with E-state index in [4.69, 9.17) is 9.47 Å². The highest BCUT2D eigenvalue weighted by Crippen LogP contribution is 2.34. The summed E-state index contributed by atoms with van der Waals surface area (Å²) in [4.78, 5) is 72.4. The highest BCUT2D eigenvalue weighted by Gasteiger charge is 2.45. The number of pyridine rings is 1. The minimum absolute atomic E-state index is 0.0144. The van der Waals surface area contributed by atoms with Gasteiger partial charge in [0.05, 0.1) is 16.7 Å². The van der Waals surface area contributed by atoms with Crippen LogP contribution in [0, 0.1) is 5.92 Å². The van der Waals surface area contributed by atoms with Crippen LogP contribution < -0.4 is 15.0 Å². The van der Waals surface area contributed by atoms with Crippen molar-refractivity contribution >= 4 is 35.4 Å². The second kappa shape index (κ2) is 12.5. The first-order valence-electron chi connectivity index (χ1n) is 16.0. The number of fused-ring (bicyclic) bond motifs is 1. The van der Waals surface area contributed by atoms with Gasteiger partial charge in [0.25, 0.3) is 11.8 Å². The lowest BCUT2D eigenvalue weighted by Gasteiger charge is -2.43. The van der Waals surface area contributed by atoms with E-state index in [1.807, 2.05) is 26.8 Å². The van der Waals surface area contributed by atoms with E-state index >= 15 is 0 Å². The zero-order chi connectivity index (χ0) is 32.7. The number of esters is 1. The Kier molecular flexibility index (Phi) is 8.58. The van der Waals surface area contributed by atoms with Gasteiger partial charge in [-0.2, -0.15) is 0 Å². The Morgan fingerprint density at radius 3 is 2.37 bits per heavy atom. The fraction of sp³-hybridized carbons (Fsp3) is 0.529. The molecule has 1 aliphatic carbocycles. The minimum atomic E-state index is -0.987. The van der Waals surface area contributed by atoms with Gasteiger partial charge in [0, 0.05) is 51.1 Å². The van der Waals surface area contributed by atoms with E-state index in [1.165, 1.54) is 0 Å². The molecule has 2 saturated heterocycles. The Morgan fingerprint density at radius 1 is 1.00 bits per heavy atom. The molecule has 4 heterocycles. The monoisotopic (exact) mass is 631 g/mol. The summed E-state index contributed by atoms with van der Waals surface area (Å²) in [7, 11) is 2.16. The summed E-state index contributed by atoms with van der Waals surface area (Å²) in [6.45, 7) is 8.36. The number of imide groups is 2. The van der Waals surface area contributed by atoms with Crippen molar-refractivity contribution in [3.05, 3.63) is 53.2 Å². The predicted octanol–water partition coefficient (Wildman–Crippen LogP) is 3.20. The van der Waals surface area contributed by atoms with Gasteiger partial charge >= 0.3 is 5.97 Å². The average Bonchev–Trinajstić information content (AvgIpc) is 3.23. The van der Waals surface area contributed by atoms with Crippen LogP contribution in [-0.2, 0) is 14.3 Å². The van der Waals surface area contributed by atoms with Crippen LogP contribution in [0.15, 0.2) is 36.5 Å². The lowest BCUT2D eigenvalue weighted by atomic mass is 9.86. The number of benzene rings is 1. The van der Waals surface area contributed by atoms with E-state index in [0.717, 1.165) is 56.0 Å². The topological polar surface area (TPSA) is 138 Å². The van der Waals surface area contributed by atoms with Crippen molar-refractivity contribution in [2.24, 2.45) is 5.92 Å². The van der Waals surface area contributed by atoms with Crippen molar-refractivity contribution in [3.63, 3.8) is 0 Å². The number of nitrogens with one attached hydrogen (secondary N) is 1. The van der Waals surface area contributed by atoms with Gasteiger partial charge < -0.3 is 19.3 Å². The van der Waals surface area contributed by atoms with Crippen LogP contribution in [-0.4, -0.2) is 94.9 Å². The zero-order valence-electron chi connectivity index (χ0n) is 26.8. The highest BCUT2D eigenvalue weighted by molar-refractivity contribution is 6.23. The maximum atomic E-state index is 13.1. The summed E-state index contributed by atoms with van der Waals surface area (Å²) < 4.78 is 11.6. The van der Waals surface area contributed by atoms with Gasteiger partial charge in [-0.3, -0.25) is 29.4 Å². The Hall–Kier alpha value is -4.32. The largest absolute Gasteiger partial charge is 0.490 e. The van der Waals surface area contributed by atoms with Gasteiger partial charge in [0.2, 0.25) is 11.8 Å². The van der Waals surface area contributed by atoms with E-state index in [2.05, 4.69) is 27.1 Å². The van der Waals surface area contributed by atoms with Crippen molar-refractivity contribution in [2.45, 2.75) is 83.1 Å². The van der Waals surface area contributed by atoms with E-state index in [0.29, 0.717) is 23.3 Å². The highest BCUT2D eigenvalue weighted by atomic mass is 16.6. The van der Waals surface area contributed by atoms with Crippen molar-refractivity contribution in [1.29, 1.82) is 0 Å². The molecule has 6 rings (SSSR count). The quantitative estimate of drug-likeness (QED) is 0.342. The number of ether oxygens (including phenoxy) is 2. The first kappa shape index (κ1) is 31.7. The molecule has 46 heavy (non-hydrogen) atoms. The molecule has 3 aliphatic heterocycles. The van der Waals surface area contributed by atoms with Crippen molar-refractivity contribution < 1.29 is 33.4 Å². The summed E-state index contributed by atoms with van der Waals surface area (Å²) in [6.07, 6.45) is 5.67. The van der Waals surface area contributed by atoms with Crippen LogP contribution in [0.3, 0.4) is 0 Å². The molecule has 1 N–H and O–H groups in total. The molecular weight excluding hydrogens is 590 g/mol. The molecule has 12 nitrogen and oxygen atoms in total. The lowest BCUT2D eigenvalue weighted by molar-refractivity contribution is -0.136. The molecule has 4 aliphatic rings. The smallest absolute Gasteiger partial charge is 0.340 e. The molecule has 0 radical (unpaired) electrons. The fourth-order valence-electron chi connectivity index (χ4n) is 6.64. The van der Waals surface area contributed by atoms with Gasteiger partial charge in [-0.1, -0.05) is 0 Å². The van der Waals surface area contributed by atoms with Crippen LogP contribution in [0.5, 0.6) is 5.75 Å². The second-order valence-corrected chi connectivity index (χ2v) is 13.8. The van der Waals surface area contributed by atoms with Crippen molar-refractivity contribution in [2.75, 3.05) is 31.6 Å². The number of carbonyl (C=O) groups excluding carboxylic acids is 5. The number of hydrogen-bond donors (Lipinski definition) is 1. The third-order valence-electron chi connectivity index (χ3n) is 9.27. The third kappa shape index (κ3) is 6.62. The Bertz CT molecular complexity index is 1540. The molecule has 1 unspecified atom stereocenters. The van der Waals surface area contributed by atoms with E-state index in [-0.39, 0.29) is 36.0 Å². The van der Waals surface area contributed by atoms with Gasteiger partial charge in [-0.15, -0.1) is 0 Å². The fourth-order valence-corrected chi connectivity index (χ4v) is 6.64. The van der Waals surface area contributed by atoms with E-state index in [9.17, 15) is 24.0 Å². The molecule has 2 aromatic rings. The maximum Gasteiger partial charge on any atom is 0.340 e. The molecular formula is C34H41N5O7. The first-order valence-corrected chi connectivity index (χ1v) is 16.0. The first-order chi connectivity index (χ1) is 21.9. The molecule has 12 heteroatoms. The third-order valence-corrected chi connectivity index (χ3v) is 9.27. The number of hydrogen-bond acceptors (Lipinski definition) is 10. The van der Waals surface area contributed by atoms with Crippen LogP contribution in [0.4, 0.5) is 5.82 Å². The Balaban J connectivity index is 0.947. The Labute approximate surface area is 268 Å². The van der Waals surface area contributed by atoms with Crippen LogP contribution >= 0.6 is 0 Å². The van der Waals surface area contributed by atoms with Gasteiger partial charge in [0.1, 0.15) is 29.3 Å². The predicted molar refractivity (Wildman–Crippen MR) is 168 cm³/mol. The normalized spacial score (nSPS) is 23.7. The molecule has 0 spiro atoms. The Morgan fingerprint density at radius 2 is 1.72 bits per heavy atom. The molecule has 1 aromatic heterocycles. The number of carbonyl (C=O) groups is 5. The average molecular weight is 632 g/mol. The number of piperidine rings is 2. The molecule has 3 fully saturated rings. The van der Waals surface area contributed by atoms with E-state index < -0.39 is 35.3 Å². The maximum absolute atomic E-state index is 13.1. The molecule has 0 bridgehead atoms. The molecule has 244 valence electrons. The number of nitrogens with zero attached hydrogens (tertiary/aromatic N) is 4. The molecule has 1 aromatic carbocycles. The summed E-state index contributed by atoms with van der Waals surface area (Å²) >= 11 is 0. The second-order valence-electron chi connectivity index (χ2n) is 13.8. The van der Waals surface area contributed by atoms with Crippen LogP contribution in [0.1, 0.15) is 90.4 Å². The number of aromatic nitrogens is 1. The van der Waals surface area contributed by atoms with Gasteiger partial charge in [-0.05, 0) is 83.3 Å². The number of amides is 4. The molecule has 4 amide bonds. The number of rotatable bonds is 8. The summed E-state index contributed by atoms with van der Waals surface area (Å²) in [5.41, 5.74) is 0.373.